The van der Waals surface area contributed by atoms with E-state index in [-0.39, 0.29) is 0 Å². The van der Waals surface area contributed by atoms with Crippen molar-refractivity contribution in [1.29, 1.82) is 0 Å². The summed E-state index contributed by atoms with van der Waals surface area (Å²) in [6, 6.07) is 3.97. The molecular weight excluding hydrogens is 190 g/mol. The van der Waals surface area contributed by atoms with Gasteiger partial charge in [0.25, 0.3) is 0 Å². The molecule has 1 aliphatic rings. The molecule has 0 unspecified atom stereocenters. The zero-order valence-corrected chi connectivity index (χ0v) is 9.54. The Labute approximate surface area is 90.6 Å². The van der Waals surface area contributed by atoms with Gasteiger partial charge in [0.15, 0.2) is 0 Å². The molecule has 0 saturated carbocycles. The maximum absolute atomic E-state index is 5.38. The number of ether oxygens (including phenoxy) is 2. The van der Waals surface area contributed by atoms with Gasteiger partial charge in [-0.25, -0.2) is 0 Å². The van der Waals surface area contributed by atoms with Gasteiger partial charge in [0.2, 0.25) is 0 Å². The van der Waals surface area contributed by atoms with E-state index in [1.54, 1.807) is 14.2 Å². The average molecular weight is 207 g/mol. The van der Waals surface area contributed by atoms with Crippen LogP contribution in [-0.4, -0.2) is 32.7 Å². The number of rotatable bonds is 2. The van der Waals surface area contributed by atoms with Gasteiger partial charge in [-0.3, -0.25) is 0 Å². The Balaban J connectivity index is 2.48. The molecule has 0 aromatic heterocycles. The SMILES string of the molecule is COc1ccc(OC)c2c1CCN(C)C2. The largest absolute Gasteiger partial charge is 0.496 e. The zero-order chi connectivity index (χ0) is 10.8. The molecule has 0 amide bonds. The predicted molar refractivity (Wildman–Crippen MR) is 59.6 cm³/mol. The van der Waals surface area contributed by atoms with Crippen LogP contribution in [0.15, 0.2) is 12.1 Å². The molecule has 3 heteroatoms. The number of hydrogen-bond acceptors (Lipinski definition) is 3. The summed E-state index contributed by atoms with van der Waals surface area (Å²) in [6.45, 7) is 2.02. The van der Waals surface area contributed by atoms with E-state index < -0.39 is 0 Å². The highest BCUT2D eigenvalue weighted by molar-refractivity contribution is 5.49. The van der Waals surface area contributed by atoms with Crippen molar-refractivity contribution in [3.05, 3.63) is 23.3 Å². The quantitative estimate of drug-likeness (QED) is 0.736. The van der Waals surface area contributed by atoms with Crippen LogP contribution in [0.25, 0.3) is 0 Å². The summed E-state index contributed by atoms with van der Waals surface area (Å²) in [5.74, 6) is 1.95. The number of hydrogen-bond donors (Lipinski definition) is 0. The van der Waals surface area contributed by atoms with Crippen molar-refractivity contribution >= 4 is 0 Å². The van der Waals surface area contributed by atoms with Crippen LogP contribution in [0.3, 0.4) is 0 Å². The topological polar surface area (TPSA) is 21.7 Å². The Bertz CT molecular complexity index is 363. The fraction of sp³-hybridized carbons (Fsp3) is 0.500. The molecule has 0 atom stereocenters. The summed E-state index contributed by atoms with van der Waals surface area (Å²) in [5, 5.41) is 0. The first-order valence-electron chi connectivity index (χ1n) is 5.17. The van der Waals surface area contributed by atoms with Crippen LogP contribution in [0.1, 0.15) is 11.1 Å². The second kappa shape index (κ2) is 4.11. The number of nitrogens with zero attached hydrogens (tertiary/aromatic N) is 1. The monoisotopic (exact) mass is 207 g/mol. The van der Waals surface area contributed by atoms with Crippen molar-refractivity contribution in [2.45, 2.75) is 13.0 Å². The lowest BCUT2D eigenvalue weighted by Crippen LogP contribution is -2.27. The Morgan fingerprint density at radius 2 is 1.67 bits per heavy atom. The highest BCUT2D eigenvalue weighted by Crippen LogP contribution is 2.34. The third-order valence-electron chi connectivity index (χ3n) is 2.96. The van der Waals surface area contributed by atoms with E-state index in [4.69, 9.17) is 9.47 Å². The molecule has 0 bridgehead atoms. The smallest absolute Gasteiger partial charge is 0.123 e. The van der Waals surface area contributed by atoms with Gasteiger partial charge in [-0.1, -0.05) is 0 Å². The Hall–Kier alpha value is -1.22. The second-order valence-corrected chi connectivity index (χ2v) is 3.91. The van der Waals surface area contributed by atoms with Crippen LogP contribution in [0.4, 0.5) is 0 Å². The molecular formula is C12H17NO2. The maximum atomic E-state index is 5.38. The molecule has 0 spiro atoms. The lowest BCUT2D eigenvalue weighted by Gasteiger charge is -2.27. The lowest BCUT2D eigenvalue weighted by atomic mass is 9.98. The van der Waals surface area contributed by atoms with Crippen LogP contribution in [0.2, 0.25) is 0 Å². The van der Waals surface area contributed by atoms with Crippen LogP contribution in [-0.2, 0) is 13.0 Å². The molecule has 0 fully saturated rings. The summed E-state index contributed by atoms with van der Waals surface area (Å²) < 4.78 is 10.8. The molecule has 1 aromatic carbocycles. The van der Waals surface area contributed by atoms with Gasteiger partial charge >= 0.3 is 0 Å². The van der Waals surface area contributed by atoms with Crippen LogP contribution in [0.5, 0.6) is 11.5 Å². The van der Waals surface area contributed by atoms with Gasteiger partial charge < -0.3 is 14.4 Å². The molecule has 2 rings (SSSR count). The highest BCUT2D eigenvalue weighted by atomic mass is 16.5. The third kappa shape index (κ3) is 1.79. The molecule has 15 heavy (non-hydrogen) atoms. The summed E-state index contributed by atoms with van der Waals surface area (Å²) in [4.78, 5) is 2.30. The summed E-state index contributed by atoms with van der Waals surface area (Å²) >= 11 is 0. The van der Waals surface area contributed by atoms with Gasteiger partial charge in [-0.15, -0.1) is 0 Å². The predicted octanol–water partition coefficient (Wildman–Crippen LogP) is 1.69. The number of benzene rings is 1. The standard InChI is InChI=1S/C12H17NO2/c1-13-7-6-9-10(8-13)12(15-3)5-4-11(9)14-2/h4-5H,6-8H2,1-3H3. The summed E-state index contributed by atoms with van der Waals surface area (Å²) in [5.41, 5.74) is 2.57. The average Bonchev–Trinajstić information content (AvgIpc) is 2.27. The van der Waals surface area contributed by atoms with E-state index in [0.717, 1.165) is 31.0 Å². The van der Waals surface area contributed by atoms with Crippen LogP contribution >= 0.6 is 0 Å². The van der Waals surface area contributed by atoms with E-state index in [0.29, 0.717) is 0 Å². The van der Waals surface area contributed by atoms with Crippen molar-refractivity contribution < 1.29 is 9.47 Å². The van der Waals surface area contributed by atoms with E-state index in [2.05, 4.69) is 11.9 Å². The fourth-order valence-electron chi connectivity index (χ4n) is 2.13. The Morgan fingerprint density at radius 3 is 2.27 bits per heavy atom. The first-order valence-corrected chi connectivity index (χ1v) is 5.17. The minimum absolute atomic E-state index is 0.940. The summed E-state index contributed by atoms with van der Waals surface area (Å²) in [6.07, 6.45) is 1.03. The van der Waals surface area contributed by atoms with E-state index in [9.17, 15) is 0 Å². The summed E-state index contributed by atoms with van der Waals surface area (Å²) in [7, 11) is 5.57. The molecule has 3 nitrogen and oxygen atoms in total. The van der Waals surface area contributed by atoms with Crippen molar-refractivity contribution in [2.24, 2.45) is 0 Å². The van der Waals surface area contributed by atoms with Gasteiger partial charge in [0.1, 0.15) is 11.5 Å². The molecule has 0 saturated heterocycles. The van der Waals surface area contributed by atoms with Crippen molar-refractivity contribution in [3.63, 3.8) is 0 Å². The highest BCUT2D eigenvalue weighted by Gasteiger charge is 2.20. The number of fused-ring (bicyclic) bond motifs is 1. The first kappa shape index (κ1) is 10.3. The number of likely N-dealkylation sites (N-methyl/N-ethyl adjacent to an activating group) is 1. The van der Waals surface area contributed by atoms with E-state index in [1.807, 2.05) is 12.1 Å². The molecule has 0 radical (unpaired) electrons. The van der Waals surface area contributed by atoms with Crippen molar-refractivity contribution in [1.82, 2.24) is 4.90 Å². The minimum Gasteiger partial charge on any atom is -0.496 e. The lowest BCUT2D eigenvalue weighted by molar-refractivity contribution is 0.295. The molecule has 1 aliphatic heterocycles. The van der Waals surface area contributed by atoms with Crippen LogP contribution < -0.4 is 9.47 Å². The molecule has 82 valence electrons. The Morgan fingerprint density at radius 1 is 1.07 bits per heavy atom. The fourth-order valence-corrected chi connectivity index (χ4v) is 2.13. The molecule has 0 aliphatic carbocycles. The van der Waals surface area contributed by atoms with Gasteiger partial charge in [-0.05, 0) is 25.6 Å². The van der Waals surface area contributed by atoms with Crippen molar-refractivity contribution in [2.75, 3.05) is 27.8 Å². The van der Waals surface area contributed by atoms with Gasteiger partial charge in [0.05, 0.1) is 14.2 Å². The zero-order valence-electron chi connectivity index (χ0n) is 9.54. The van der Waals surface area contributed by atoms with E-state index in [1.165, 1.54) is 11.1 Å². The molecule has 1 aromatic rings. The van der Waals surface area contributed by atoms with Crippen LogP contribution in [0, 0.1) is 0 Å². The minimum atomic E-state index is 0.940. The third-order valence-corrected chi connectivity index (χ3v) is 2.96. The van der Waals surface area contributed by atoms with Gasteiger partial charge in [-0.2, -0.15) is 0 Å². The molecule has 0 N–H and O–H groups in total. The normalized spacial score (nSPS) is 15.9. The first-order chi connectivity index (χ1) is 7.26. The maximum Gasteiger partial charge on any atom is 0.123 e. The number of methoxy groups -OCH3 is 2. The molecule has 1 heterocycles. The second-order valence-electron chi connectivity index (χ2n) is 3.91. The Kier molecular flexibility index (Phi) is 2.82. The van der Waals surface area contributed by atoms with Gasteiger partial charge in [0, 0.05) is 24.2 Å². The van der Waals surface area contributed by atoms with E-state index >= 15 is 0 Å². The van der Waals surface area contributed by atoms with Crippen molar-refractivity contribution in [3.8, 4) is 11.5 Å².